The first kappa shape index (κ1) is 3790. The average Bonchev–Trinajstić information content (AvgIpc) is 1.00. The van der Waals surface area contributed by atoms with Gasteiger partial charge in [-0.15, -0.1) is 0 Å². The Kier molecular flexibility index (Phi) is 522000. The van der Waals surface area contributed by atoms with Gasteiger partial charge in [0.15, 0.2) is 0 Å². The summed E-state index contributed by atoms with van der Waals surface area (Å²) in [6.45, 7) is 0. The lowest BCUT2D eigenvalue weighted by Gasteiger charge is -0.577. The Balaban J connectivity index is -0.000000000179. The van der Waals surface area contributed by atoms with Gasteiger partial charge in [0.1, 0.15) is 0 Å². The van der Waals surface area contributed by atoms with Crippen molar-refractivity contribution in [1.29, 1.82) is 10.8 Å². The SMILES string of the molecule is C.C.C.C.C.C.C.C.N#N. The zero-order valence-electron chi connectivity index (χ0n) is 0.894. The zero-order chi connectivity index (χ0) is 2.00. The van der Waals surface area contributed by atoms with E-state index in [0.29, 0.717) is 0 Å². The fourth-order valence-corrected chi connectivity index (χ4v) is 0. The Bertz CT molecular complexity index is 12.0. The second-order valence-corrected chi connectivity index (χ2v) is 0. The maximum absolute atomic E-state index is 6.00. The molecule has 0 saturated heterocycles. The Hall–Kier alpha value is -0.580. The highest BCUT2D eigenvalue weighted by Gasteiger charge is 0.577. The Labute approximate surface area is 71.1 Å². The first-order chi connectivity index (χ1) is 1.00. The molecule has 2 nitrogen and oxygen atoms in total. The molecule has 0 radical (unpaired) electrons. The highest BCUT2D eigenvalue weighted by atomic mass is 14.6. The Morgan fingerprint density at radius 2 is 0.300 bits per heavy atom. The first-order valence-corrected chi connectivity index (χ1v) is 0.200. The Morgan fingerprint density at radius 3 is 0.300 bits per heavy atom. The van der Waals surface area contributed by atoms with Crippen LogP contribution in [0.15, 0.2) is 0 Å². The quantitative estimate of drug-likeness (QED) is 0.457. The predicted octanol–water partition coefficient (Wildman–Crippen LogP) is 5.12. The van der Waals surface area contributed by atoms with E-state index in [4.69, 9.17) is 10.8 Å². The van der Waals surface area contributed by atoms with E-state index in [1.807, 2.05) is 0 Å². The minimum atomic E-state index is 0. The van der Waals surface area contributed by atoms with Gasteiger partial charge in [-0.05, 0) is 0 Å². The van der Waals surface area contributed by atoms with Crippen LogP contribution in [0.25, 0.3) is 0 Å². The fraction of sp³-hybridized carbons (Fsp3) is 1.00. The fourth-order valence-electron chi connectivity index (χ4n) is 0. The maximum Gasteiger partial charge on any atom is 0 e. The second-order valence-electron chi connectivity index (χ2n) is 0. The summed E-state index contributed by atoms with van der Waals surface area (Å²) in [5.74, 6) is 0. The van der Waals surface area contributed by atoms with E-state index < -0.39 is 0 Å². The molecule has 0 aliphatic heterocycles. The average molecular weight is 156 g/mol. The smallest absolute Gasteiger partial charge is 0 e. The molecule has 0 aromatic heterocycles. The molecule has 0 atom stereocenters. The minimum Gasteiger partial charge on any atom is -0.0776 e. The molecule has 2 heteroatoms. The first-order valence-electron chi connectivity index (χ1n) is 0.200. The van der Waals surface area contributed by atoms with Gasteiger partial charge >= 0.3 is 0 Å². The summed E-state index contributed by atoms with van der Waals surface area (Å²) in [7, 11) is 0. The molecule has 0 spiro atoms. The van der Waals surface area contributed by atoms with Crippen LogP contribution < -0.4 is 0 Å². The standard InChI is InChI=1S/8CH4.N2/c;;;;;;;;1-2/h8*1H4;. The third-order valence-corrected chi connectivity index (χ3v) is 0. The molecule has 0 N–H and O–H groups in total. The van der Waals surface area contributed by atoms with Crippen LogP contribution in [-0.4, -0.2) is 0 Å². The van der Waals surface area contributed by atoms with Crippen molar-refractivity contribution >= 4 is 0 Å². The van der Waals surface area contributed by atoms with Gasteiger partial charge in [-0.25, -0.2) is 0 Å². The lowest BCUT2D eigenvalue weighted by atomic mass is 12.0. The van der Waals surface area contributed by atoms with E-state index in [0.717, 1.165) is 0 Å². The summed E-state index contributed by atoms with van der Waals surface area (Å²) in [6, 6.07) is 0. The van der Waals surface area contributed by atoms with Crippen molar-refractivity contribution in [2.75, 3.05) is 0 Å². The molecule has 0 aliphatic rings. The van der Waals surface area contributed by atoms with Gasteiger partial charge in [0.25, 0.3) is 0 Å². The van der Waals surface area contributed by atoms with Crippen LogP contribution in [0.1, 0.15) is 59.4 Å². The largest absolute Gasteiger partial charge is 0.0776 e. The lowest BCUT2D eigenvalue weighted by Crippen LogP contribution is -0.562. The highest BCUT2D eigenvalue weighted by Crippen LogP contribution is 0.592. The van der Waals surface area contributed by atoms with E-state index in [1.165, 1.54) is 0 Å². The van der Waals surface area contributed by atoms with Crippen molar-refractivity contribution in [1.82, 2.24) is 0 Å². The number of rotatable bonds is 0. The van der Waals surface area contributed by atoms with Gasteiger partial charge in [0.2, 0.25) is 0 Å². The number of hydrogen-bond acceptors (Lipinski definition) is 2. The molecular formula is C8H32N2. The van der Waals surface area contributed by atoms with Gasteiger partial charge < -0.3 is 0 Å². The van der Waals surface area contributed by atoms with Gasteiger partial charge in [0.05, 0.1) is 0 Å². The van der Waals surface area contributed by atoms with Gasteiger partial charge in [-0.2, -0.15) is 0 Å². The number of nitrogens with zero attached hydrogens (tertiary/aromatic N) is 2. The highest BCUT2D eigenvalue weighted by molar-refractivity contribution is 2.51. The molecule has 10 heavy (non-hydrogen) atoms. The van der Waals surface area contributed by atoms with Crippen LogP contribution in [0, 0.1) is 10.8 Å². The van der Waals surface area contributed by atoms with E-state index in [1.54, 1.807) is 0 Å². The van der Waals surface area contributed by atoms with E-state index >= 15 is 0 Å². The summed E-state index contributed by atoms with van der Waals surface area (Å²) in [4.78, 5) is 0. The zero-order valence-corrected chi connectivity index (χ0v) is 0.894. The summed E-state index contributed by atoms with van der Waals surface area (Å²) in [6.07, 6.45) is 0. The molecule has 0 aromatic carbocycles. The topological polar surface area (TPSA) is 47.6 Å². The molecule has 0 fully saturated rings. The third kappa shape index (κ3) is 909. The van der Waals surface area contributed by atoms with Crippen molar-refractivity contribution in [2.24, 2.45) is 0 Å². The van der Waals surface area contributed by atoms with Crippen LogP contribution in [0.5, 0.6) is 0 Å². The third-order valence-electron chi connectivity index (χ3n) is 0. The molecule has 0 aliphatic carbocycles. The van der Waals surface area contributed by atoms with E-state index in [-0.39, 0.29) is 59.4 Å². The minimum absolute atomic E-state index is 0. The van der Waals surface area contributed by atoms with Crippen LogP contribution in [0.2, 0.25) is 0 Å². The van der Waals surface area contributed by atoms with Gasteiger partial charge in [0, 0.05) is 10.8 Å². The van der Waals surface area contributed by atoms with Crippen molar-refractivity contribution in [2.45, 2.75) is 59.4 Å². The van der Waals surface area contributed by atoms with Crippen LogP contribution in [0.4, 0.5) is 0 Å². The van der Waals surface area contributed by atoms with Gasteiger partial charge in [-0.1, -0.05) is 59.4 Å². The lowest BCUT2D eigenvalue weighted by molar-refractivity contribution is 1.15. The normalized spacial score (nSPS) is 0.200. The van der Waals surface area contributed by atoms with Crippen molar-refractivity contribution < 1.29 is 0 Å². The van der Waals surface area contributed by atoms with Crippen molar-refractivity contribution in [3.05, 3.63) is 0 Å². The molecule has 0 heterocycles. The summed E-state index contributed by atoms with van der Waals surface area (Å²) in [5.41, 5.74) is 0. The van der Waals surface area contributed by atoms with Gasteiger partial charge in [-0.3, -0.25) is 0 Å². The van der Waals surface area contributed by atoms with E-state index in [9.17, 15) is 0 Å². The second kappa shape index (κ2) is 1380. The molecule has 0 unspecified atom stereocenters. The maximum atomic E-state index is 6.00. The molecular weight excluding hydrogens is 124 g/mol. The predicted molar refractivity (Wildman–Crippen MR) is 57.3 cm³/mol. The van der Waals surface area contributed by atoms with Crippen LogP contribution in [-0.2, 0) is 0 Å². The molecule has 0 amide bonds. The molecule has 74 valence electrons. The summed E-state index contributed by atoms with van der Waals surface area (Å²) in [5, 5.41) is 12.0. The number of hydrogen-bond donors (Lipinski definition) is 0. The molecule has 0 rings (SSSR count). The van der Waals surface area contributed by atoms with Crippen LogP contribution in [0.3, 0.4) is 0 Å². The molecule has 0 saturated carbocycles. The van der Waals surface area contributed by atoms with Crippen molar-refractivity contribution in [3.63, 3.8) is 0 Å². The molecule has 0 bridgehead atoms. The van der Waals surface area contributed by atoms with E-state index in [2.05, 4.69) is 0 Å². The summed E-state index contributed by atoms with van der Waals surface area (Å²) < 4.78 is 0. The summed E-state index contributed by atoms with van der Waals surface area (Å²) >= 11 is 0. The monoisotopic (exact) mass is 156 g/mol. The van der Waals surface area contributed by atoms with Crippen molar-refractivity contribution in [3.8, 4) is 0 Å². The van der Waals surface area contributed by atoms with Crippen LogP contribution >= 0.6 is 0 Å². The molecule has 0 aromatic rings. The Morgan fingerprint density at radius 1 is 0.300 bits per heavy atom.